The first-order valence-corrected chi connectivity index (χ1v) is 5.86. The van der Waals surface area contributed by atoms with Gasteiger partial charge in [0.2, 0.25) is 0 Å². The number of aliphatic hydroxyl groups excluding tert-OH is 1. The van der Waals surface area contributed by atoms with Crippen LogP contribution in [-0.4, -0.2) is 23.3 Å². The van der Waals surface area contributed by atoms with E-state index in [1.165, 1.54) is 0 Å². The van der Waals surface area contributed by atoms with E-state index < -0.39 is 5.60 Å². The molecule has 16 heavy (non-hydrogen) atoms. The summed E-state index contributed by atoms with van der Waals surface area (Å²) in [4.78, 5) is 11.6. The molecular weight excluding hydrogens is 204 g/mol. The van der Waals surface area contributed by atoms with E-state index in [9.17, 15) is 9.90 Å². The van der Waals surface area contributed by atoms with Crippen LogP contribution in [0, 0.1) is 11.3 Å². The zero-order valence-electron chi connectivity index (χ0n) is 11.5. The Hall–Kier alpha value is -0.570. The van der Waals surface area contributed by atoms with Crippen molar-refractivity contribution in [3.8, 4) is 0 Å². The minimum atomic E-state index is -0.446. The molecule has 3 heteroatoms. The van der Waals surface area contributed by atoms with Gasteiger partial charge < -0.3 is 9.84 Å². The van der Waals surface area contributed by atoms with Crippen LogP contribution in [0.3, 0.4) is 0 Å². The molecule has 0 spiro atoms. The van der Waals surface area contributed by atoms with Gasteiger partial charge in [-0.3, -0.25) is 4.79 Å². The van der Waals surface area contributed by atoms with E-state index >= 15 is 0 Å². The highest BCUT2D eigenvalue weighted by Crippen LogP contribution is 2.26. The Morgan fingerprint density at radius 3 is 2.00 bits per heavy atom. The molecule has 1 N–H and O–H groups in total. The summed E-state index contributed by atoms with van der Waals surface area (Å²) in [6.07, 6.45) is 1.12. The maximum Gasteiger partial charge on any atom is 0.306 e. The highest BCUT2D eigenvalue weighted by atomic mass is 16.6. The Labute approximate surface area is 99.2 Å². The molecule has 0 heterocycles. The third-order valence-corrected chi connectivity index (χ3v) is 2.03. The Kier molecular flexibility index (Phi) is 5.47. The summed E-state index contributed by atoms with van der Waals surface area (Å²) in [5.74, 6) is -0.231. The Morgan fingerprint density at radius 1 is 1.19 bits per heavy atom. The average Bonchev–Trinajstić information content (AvgIpc) is 1.96. The second-order valence-corrected chi connectivity index (χ2v) is 6.60. The van der Waals surface area contributed by atoms with Crippen molar-refractivity contribution in [1.29, 1.82) is 0 Å². The van der Waals surface area contributed by atoms with Crippen LogP contribution in [0.4, 0.5) is 0 Å². The summed E-state index contributed by atoms with van der Waals surface area (Å²) >= 11 is 0. The van der Waals surface area contributed by atoms with Gasteiger partial charge in [0.1, 0.15) is 5.60 Å². The van der Waals surface area contributed by atoms with Crippen molar-refractivity contribution >= 4 is 5.97 Å². The van der Waals surface area contributed by atoms with Crippen molar-refractivity contribution in [2.24, 2.45) is 11.3 Å². The van der Waals surface area contributed by atoms with Gasteiger partial charge in [0, 0.05) is 6.61 Å². The van der Waals surface area contributed by atoms with Crippen LogP contribution < -0.4 is 0 Å². The van der Waals surface area contributed by atoms with E-state index in [0.717, 1.165) is 6.42 Å². The maximum atomic E-state index is 11.6. The molecule has 0 aliphatic rings. The monoisotopic (exact) mass is 230 g/mol. The van der Waals surface area contributed by atoms with Crippen LogP contribution in [0.15, 0.2) is 0 Å². The van der Waals surface area contributed by atoms with E-state index in [-0.39, 0.29) is 23.9 Å². The number of rotatable bonds is 4. The normalized spacial score (nSPS) is 14.7. The fourth-order valence-corrected chi connectivity index (χ4v) is 1.69. The summed E-state index contributed by atoms with van der Waals surface area (Å²) in [6, 6.07) is 0. The lowest BCUT2D eigenvalue weighted by atomic mass is 9.83. The lowest BCUT2D eigenvalue weighted by Gasteiger charge is -2.25. The first-order chi connectivity index (χ1) is 7.03. The third kappa shape index (κ3) is 8.72. The van der Waals surface area contributed by atoms with Crippen LogP contribution in [-0.2, 0) is 9.53 Å². The first-order valence-electron chi connectivity index (χ1n) is 5.86. The van der Waals surface area contributed by atoms with Gasteiger partial charge in [0.15, 0.2) is 0 Å². The van der Waals surface area contributed by atoms with Crippen LogP contribution in [0.1, 0.15) is 54.4 Å². The highest BCUT2D eigenvalue weighted by molar-refractivity contribution is 5.70. The molecule has 0 amide bonds. The molecule has 0 aromatic carbocycles. The topological polar surface area (TPSA) is 46.5 Å². The summed E-state index contributed by atoms with van der Waals surface area (Å²) in [6.45, 7) is 11.9. The van der Waals surface area contributed by atoms with Gasteiger partial charge in [0.05, 0.1) is 6.42 Å². The minimum Gasteiger partial charge on any atom is -0.460 e. The predicted octanol–water partition coefficient (Wildman–Crippen LogP) is 2.76. The van der Waals surface area contributed by atoms with Crippen molar-refractivity contribution in [1.82, 2.24) is 0 Å². The summed E-state index contributed by atoms with van der Waals surface area (Å²) in [7, 11) is 0. The van der Waals surface area contributed by atoms with E-state index in [1.807, 2.05) is 20.8 Å². The van der Waals surface area contributed by atoms with Gasteiger partial charge in [-0.05, 0) is 38.5 Å². The predicted molar refractivity (Wildman–Crippen MR) is 65.1 cm³/mol. The van der Waals surface area contributed by atoms with Crippen molar-refractivity contribution in [3.63, 3.8) is 0 Å². The van der Waals surface area contributed by atoms with Crippen molar-refractivity contribution in [2.75, 3.05) is 6.61 Å². The SMILES string of the molecule is CC(C)(C)C[C@@H](CO)CC(=O)OC(C)(C)C. The Morgan fingerprint density at radius 2 is 1.69 bits per heavy atom. The lowest BCUT2D eigenvalue weighted by molar-refractivity contribution is -0.156. The molecule has 0 aliphatic heterocycles. The van der Waals surface area contributed by atoms with E-state index in [0.29, 0.717) is 6.42 Å². The summed E-state index contributed by atoms with van der Waals surface area (Å²) < 4.78 is 5.23. The summed E-state index contributed by atoms with van der Waals surface area (Å²) in [5.41, 5.74) is -0.325. The number of hydrogen-bond acceptors (Lipinski definition) is 3. The van der Waals surface area contributed by atoms with Gasteiger partial charge in [0.25, 0.3) is 0 Å². The minimum absolute atomic E-state index is 0.00477. The molecule has 0 aliphatic carbocycles. The fourth-order valence-electron chi connectivity index (χ4n) is 1.69. The first kappa shape index (κ1) is 15.4. The molecular formula is C13H26O3. The molecule has 0 bridgehead atoms. The van der Waals surface area contributed by atoms with Crippen LogP contribution in [0.5, 0.6) is 0 Å². The molecule has 0 unspecified atom stereocenters. The van der Waals surface area contributed by atoms with Crippen LogP contribution in [0.2, 0.25) is 0 Å². The molecule has 1 atom stereocenters. The van der Waals surface area contributed by atoms with E-state index in [4.69, 9.17) is 4.74 Å². The second kappa shape index (κ2) is 5.67. The molecule has 0 fully saturated rings. The quantitative estimate of drug-likeness (QED) is 0.755. The molecule has 0 aromatic rings. The van der Waals surface area contributed by atoms with Gasteiger partial charge in [-0.2, -0.15) is 0 Å². The number of aliphatic hydroxyl groups is 1. The second-order valence-electron chi connectivity index (χ2n) is 6.60. The lowest BCUT2D eigenvalue weighted by Crippen LogP contribution is -2.27. The number of esters is 1. The average molecular weight is 230 g/mol. The van der Waals surface area contributed by atoms with Crippen molar-refractivity contribution in [2.45, 2.75) is 60.0 Å². The van der Waals surface area contributed by atoms with E-state index in [1.54, 1.807) is 0 Å². The van der Waals surface area contributed by atoms with Crippen LogP contribution >= 0.6 is 0 Å². The van der Waals surface area contributed by atoms with Crippen LogP contribution in [0.25, 0.3) is 0 Å². The number of ether oxygens (including phenoxy) is 1. The molecule has 96 valence electrons. The molecule has 0 aromatic heterocycles. The van der Waals surface area contributed by atoms with Crippen molar-refractivity contribution in [3.05, 3.63) is 0 Å². The Balaban J connectivity index is 4.18. The zero-order chi connectivity index (χ0) is 13.0. The largest absolute Gasteiger partial charge is 0.460 e. The van der Waals surface area contributed by atoms with Crippen molar-refractivity contribution < 1.29 is 14.6 Å². The van der Waals surface area contributed by atoms with Gasteiger partial charge in [-0.25, -0.2) is 0 Å². The number of hydrogen-bond donors (Lipinski definition) is 1. The van der Waals surface area contributed by atoms with E-state index in [2.05, 4.69) is 20.8 Å². The fraction of sp³-hybridized carbons (Fsp3) is 0.923. The molecule has 0 saturated carbocycles. The summed E-state index contributed by atoms with van der Waals surface area (Å²) in [5, 5.41) is 9.23. The highest BCUT2D eigenvalue weighted by Gasteiger charge is 2.23. The Bertz CT molecular complexity index is 220. The number of carbonyl (C=O) groups is 1. The third-order valence-electron chi connectivity index (χ3n) is 2.03. The molecule has 0 radical (unpaired) electrons. The zero-order valence-corrected chi connectivity index (χ0v) is 11.5. The molecule has 3 nitrogen and oxygen atoms in total. The van der Waals surface area contributed by atoms with Gasteiger partial charge in [-0.15, -0.1) is 0 Å². The molecule has 0 saturated heterocycles. The smallest absolute Gasteiger partial charge is 0.306 e. The van der Waals surface area contributed by atoms with Gasteiger partial charge in [-0.1, -0.05) is 20.8 Å². The van der Waals surface area contributed by atoms with Gasteiger partial charge >= 0.3 is 5.97 Å². The molecule has 0 rings (SSSR count). The standard InChI is InChI=1S/C13H26O3/c1-12(2,3)8-10(9-14)7-11(15)16-13(4,5)6/h10,14H,7-9H2,1-6H3/t10-/m0/s1. The maximum absolute atomic E-state index is 11.6. The number of carbonyl (C=O) groups excluding carboxylic acids is 1.